The van der Waals surface area contributed by atoms with Gasteiger partial charge in [-0.15, -0.1) is 10.2 Å². The summed E-state index contributed by atoms with van der Waals surface area (Å²) in [5.41, 5.74) is 4.14. The summed E-state index contributed by atoms with van der Waals surface area (Å²) in [6.45, 7) is 6.06. The number of aryl methyl sites for hydroxylation is 1. The Bertz CT molecular complexity index is 1020. The van der Waals surface area contributed by atoms with Crippen molar-refractivity contribution in [1.82, 2.24) is 20.3 Å². The highest BCUT2D eigenvalue weighted by atomic mass is 16.5. The quantitative estimate of drug-likeness (QED) is 0.557. The molecule has 0 bridgehead atoms. The predicted molar refractivity (Wildman–Crippen MR) is 89.4 cm³/mol. The van der Waals surface area contributed by atoms with Gasteiger partial charge in [0.2, 0.25) is 11.8 Å². The summed E-state index contributed by atoms with van der Waals surface area (Å²) < 4.78 is 11.1. The molecule has 0 unspecified atom stereocenters. The molecular weight excluding hydrogens is 304 g/mol. The second kappa shape index (κ2) is 5.56. The summed E-state index contributed by atoms with van der Waals surface area (Å²) in [6, 6.07) is 9.96. The van der Waals surface area contributed by atoms with Gasteiger partial charge in [0.15, 0.2) is 0 Å². The number of aromatic nitrogens is 4. The number of pyridine rings is 1. The number of fused-ring (bicyclic) bond motifs is 1. The molecule has 3 aromatic heterocycles. The molecule has 0 fully saturated rings. The summed E-state index contributed by atoms with van der Waals surface area (Å²) >= 11 is 0. The molecule has 24 heavy (non-hydrogen) atoms. The summed E-state index contributed by atoms with van der Waals surface area (Å²) in [7, 11) is 0. The van der Waals surface area contributed by atoms with Crippen molar-refractivity contribution in [2.75, 3.05) is 0 Å². The molecule has 0 saturated heterocycles. The molecule has 6 heteroatoms. The molecule has 0 atom stereocenters. The Morgan fingerprint density at radius 1 is 1.08 bits per heavy atom. The van der Waals surface area contributed by atoms with Crippen molar-refractivity contribution in [3.8, 4) is 22.7 Å². The van der Waals surface area contributed by atoms with E-state index in [2.05, 4.69) is 20.3 Å². The monoisotopic (exact) mass is 320 g/mol. The third-order valence-electron chi connectivity index (χ3n) is 3.91. The van der Waals surface area contributed by atoms with Crippen molar-refractivity contribution in [1.29, 1.82) is 0 Å². The van der Waals surface area contributed by atoms with Crippen LogP contribution < -0.4 is 0 Å². The van der Waals surface area contributed by atoms with E-state index in [1.54, 1.807) is 6.20 Å². The number of hydrogen-bond donors (Lipinski definition) is 0. The normalized spacial score (nSPS) is 11.5. The van der Waals surface area contributed by atoms with Gasteiger partial charge in [-0.25, -0.2) is 4.98 Å². The lowest BCUT2D eigenvalue weighted by Gasteiger charge is -2.01. The first kappa shape index (κ1) is 14.6. The second-order valence-corrected chi connectivity index (χ2v) is 6.02. The van der Waals surface area contributed by atoms with E-state index < -0.39 is 0 Å². The maximum absolute atomic E-state index is 5.71. The van der Waals surface area contributed by atoms with E-state index >= 15 is 0 Å². The number of benzene rings is 1. The molecule has 1 aromatic carbocycles. The van der Waals surface area contributed by atoms with Gasteiger partial charge in [-0.2, -0.15) is 0 Å². The van der Waals surface area contributed by atoms with E-state index in [1.165, 1.54) is 0 Å². The first-order valence-corrected chi connectivity index (χ1v) is 7.78. The van der Waals surface area contributed by atoms with Gasteiger partial charge in [0.05, 0.1) is 10.9 Å². The van der Waals surface area contributed by atoms with Gasteiger partial charge in [0, 0.05) is 17.7 Å². The second-order valence-electron chi connectivity index (χ2n) is 6.02. The van der Waals surface area contributed by atoms with Crippen molar-refractivity contribution in [2.24, 2.45) is 0 Å². The minimum Gasteiger partial charge on any atom is -0.420 e. The lowest BCUT2D eigenvalue weighted by Crippen LogP contribution is -1.85. The van der Waals surface area contributed by atoms with Gasteiger partial charge in [0.1, 0.15) is 5.69 Å². The van der Waals surface area contributed by atoms with Crippen molar-refractivity contribution < 1.29 is 8.94 Å². The molecule has 0 aliphatic rings. The Morgan fingerprint density at radius 3 is 2.67 bits per heavy atom. The van der Waals surface area contributed by atoms with Crippen LogP contribution in [0.1, 0.15) is 31.2 Å². The Balaban J connectivity index is 1.85. The van der Waals surface area contributed by atoms with Crippen LogP contribution in [0.2, 0.25) is 0 Å². The molecule has 0 radical (unpaired) electrons. The zero-order valence-electron chi connectivity index (χ0n) is 13.6. The maximum Gasteiger partial charge on any atom is 0.258 e. The van der Waals surface area contributed by atoms with Crippen LogP contribution in [0.5, 0.6) is 0 Å². The summed E-state index contributed by atoms with van der Waals surface area (Å²) in [6.07, 6.45) is 1.66. The molecule has 4 aromatic rings. The minimum atomic E-state index is 0.182. The topological polar surface area (TPSA) is 77.8 Å². The average Bonchev–Trinajstić information content (AvgIpc) is 3.22. The van der Waals surface area contributed by atoms with E-state index in [-0.39, 0.29) is 5.92 Å². The molecule has 0 aliphatic carbocycles. The van der Waals surface area contributed by atoms with Crippen LogP contribution in [0.3, 0.4) is 0 Å². The Hall–Kier alpha value is -3.02. The van der Waals surface area contributed by atoms with Crippen molar-refractivity contribution >= 4 is 11.1 Å². The third-order valence-corrected chi connectivity index (χ3v) is 3.91. The van der Waals surface area contributed by atoms with Gasteiger partial charge in [-0.1, -0.05) is 43.3 Å². The zero-order valence-corrected chi connectivity index (χ0v) is 13.6. The molecule has 3 heterocycles. The zero-order chi connectivity index (χ0) is 16.7. The molecule has 6 nitrogen and oxygen atoms in total. The summed E-state index contributed by atoms with van der Waals surface area (Å²) in [4.78, 5) is 4.33. The molecule has 0 spiro atoms. The van der Waals surface area contributed by atoms with Crippen molar-refractivity contribution in [3.63, 3.8) is 0 Å². The van der Waals surface area contributed by atoms with Gasteiger partial charge < -0.3 is 8.94 Å². The third kappa shape index (κ3) is 2.36. The molecular formula is C18H16N4O2. The predicted octanol–water partition coefficient (Wildman–Crippen LogP) is 4.37. The average molecular weight is 320 g/mol. The van der Waals surface area contributed by atoms with Gasteiger partial charge in [0.25, 0.3) is 5.71 Å². The maximum atomic E-state index is 5.71. The SMILES string of the molecule is Cc1ccccc1-c1noc2ncc(-c3nnc(C(C)C)o3)cc12. The van der Waals surface area contributed by atoms with E-state index in [0.717, 1.165) is 27.8 Å². The largest absolute Gasteiger partial charge is 0.420 e. The van der Waals surface area contributed by atoms with Crippen LogP contribution in [0.15, 0.2) is 45.5 Å². The summed E-state index contributed by atoms with van der Waals surface area (Å²) in [5, 5.41) is 13.2. The van der Waals surface area contributed by atoms with E-state index in [4.69, 9.17) is 8.94 Å². The van der Waals surface area contributed by atoms with Crippen LogP contribution in [0, 0.1) is 6.92 Å². The van der Waals surface area contributed by atoms with E-state index in [0.29, 0.717) is 17.5 Å². The molecule has 0 saturated carbocycles. The van der Waals surface area contributed by atoms with E-state index in [1.807, 2.05) is 51.1 Å². The molecule has 0 amide bonds. The first-order chi connectivity index (χ1) is 11.6. The fourth-order valence-corrected chi connectivity index (χ4v) is 2.57. The summed E-state index contributed by atoms with van der Waals surface area (Å²) in [5.74, 6) is 1.24. The molecule has 120 valence electrons. The highest BCUT2D eigenvalue weighted by Crippen LogP contribution is 2.31. The Kier molecular flexibility index (Phi) is 3.37. The van der Waals surface area contributed by atoms with Crippen molar-refractivity contribution in [2.45, 2.75) is 26.7 Å². The fourth-order valence-electron chi connectivity index (χ4n) is 2.57. The number of nitrogens with zero attached hydrogens (tertiary/aromatic N) is 4. The lowest BCUT2D eigenvalue weighted by atomic mass is 10.0. The minimum absolute atomic E-state index is 0.182. The first-order valence-electron chi connectivity index (χ1n) is 7.78. The van der Waals surface area contributed by atoms with Crippen LogP contribution in [0.4, 0.5) is 0 Å². The van der Waals surface area contributed by atoms with Gasteiger partial charge in [-0.3, -0.25) is 0 Å². The lowest BCUT2D eigenvalue weighted by molar-refractivity contribution is 0.451. The van der Waals surface area contributed by atoms with E-state index in [9.17, 15) is 0 Å². The van der Waals surface area contributed by atoms with Crippen LogP contribution in [0.25, 0.3) is 33.8 Å². The molecule has 0 N–H and O–H groups in total. The fraction of sp³-hybridized carbons (Fsp3) is 0.222. The Labute approximate surface area is 138 Å². The number of hydrogen-bond acceptors (Lipinski definition) is 6. The molecule has 4 rings (SSSR count). The van der Waals surface area contributed by atoms with Crippen LogP contribution in [-0.4, -0.2) is 20.3 Å². The van der Waals surface area contributed by atoms with Gasteiger partial charge in [-0.05, 0) is 18.6 Å². The Morgan fingerprint density at radius 2 is 1.92 bits per heavy atom. The molecule has 0 aliphatic heterocycles. The van der Waals surface area contributed by atoms with Crippen LogP contribution in [-0.2, 0) is 0 Å². The number of rotatable bonds is 3. The standard InChI is InChI=1S/C18H16N4O2/c1-10(2)16-20-21-17(23-16)12-8-14-15(22-24-18(14)19-9-12)13-7-5-4-6-11(13)3/h4-10H,1-3H3. The van der Waals surface area contributed by atoms with Crippen LogP contribution >= 0.6 is 0 Å². The van der Waals surface area contributed by atoms with Crippen molar-refractivity contribution in [3.05, 3.63) is 48.0 Å². The highest BCUT2D eigenvalue weighted by molar-refractivity contribution is 5.92. The smallest absolute Gasteiger partial charge is 0.258 e. The van der Waals surface area contributed by atoms with Gasteiger partial charge >= 0.3 is 0 Å². The highest BCUT2D eigenvalue weighted by Gasteiger charge is 2.17.